The largest absolute Gasteiger partial charge is 0.271 e. The van der Waals surface area contributed by atoms with Gasteiger partial charge >= 0.3 is 0 Å². The van der Waals surface area contributed by atoms with Crippen LogP contribution in [0.2, 0.25) is 0 Å². The monoisotopic (exact) mass is 280 g/mol. The average molecular weight is 280 g/mol. The van der Waals surface area contributed by atoms with Gasteiger partial charge in [0, 0.05) is 9.58 Å². The van der Waals surface area contributed by atoms with Crippen molar-refractivity contribution in [3.63, 3.8) is 0 Å². The van der Waals surface area contributed by atoms with Gasteiger partial charge in [-0.25, -0.2) is 4.39 Å². The fourth-order valence-electron chi connectivity index (χ4n) is 2.09. The van der Waals surface area contributed by atoms with E-state index in [1.165, 1.54) is 10.9 Å². The smallest absolute Gasteiger partial charge is 0.123 e. The molecule has 2 nitrogen and oxygen atoms in total. The zero-order valence-corrected chi connectivity index (χ0v) is 12.5. The number of benzene rings is 1. The number of rotatable bonds is 4. The van der Waals surface area contributed by atoms with Crippen LogP contribution in [0.15, 0.2) is 24.3 Å². The highest BCUT2D eigenvalue weighted by Gasteiger charge is 2.17. The Labute approximate surface area is 117 Å². The molecule has 1 unspecified atom stereocenters. The van der Waals surface area contributed by atoms with Crippen LogP contribution in [-0.4, -0.2) is 0 Å². The molecule has 1 aromatic carbocycles. The van der Waals surface area contributed by atoms with E-state index in [0.29, 0.717) is 0 Å². The van der Waals surface area contributed by atoms with Crippen LogP contribution in [0.1, 0.15) is 44.5 Å². The van der Waals surface area contributed by atoms with E-state index in [2.05, 4.69) is 26.2 Å². The summed E-state index contributed by atoms with van der Waals surface area (Å²) in [6.45, 7) is 6.67. The minimum atomic E-state index is -0.191. The molecule has 4 heteroatoms. The van der Waals surface area contributed by atoms with E-state index in [4.69, 9.17) is 5.84 Å². The van der Waals surface area contributed by atoms with Gasteiger partial charge in [0.25, 0.3) is 0 Å². The van der Waals surface area contributed by atoms with Gasteiger partial charge in [-0.1, -0.05) is 20.8 Å². The molecule has 1 aromatic heterocycles. The lowest BCUT2D eigenvalue weighted by atomic mass is 9.88. The minimum absolute atomic E-state index is 0.139. The Morgan fingerprint density at radius 3 is 2.68 bits per heavy atom. The van der Waals surface area contributed by atoms with Crippen LogP contribution in [0.5, 0.6) is 0 Å². The first-order valence-electron chi connectivity index (χ1n) is 6.54. The van der Waals surface area contributed by atoms with Crippen molar-refractivity contribution in [1.82, 2.24) is 5.43 Å². The summed E-state index contributed by atoms with van der Waals surface area (Å²) in [6, 6.07) is 7.08. The molecule has 0 amide bonds. The van der Waals surface area contributed by atoms with Crippen molar-refractivity contribution in [2.45, 2.75) is 39.7 Å². The van der Waals surface area contributed by atoms with Crippen LogP contribution in [0.3, 0.4) is 0 Å². The number of hydrogen-bond donors (Lipinski definition) is 2. The summed E-state index contributed by atoms with van der Waals surface area (Å²) in [5, 5.41) is 0.955. The number of thiophene rings is 1. The summed E-state index contributed by atoms with van der Waals surface area (Å²) >= 11 is 1.68. The molecule has 19 heavy (non-hydrogen) atoms. The first kappa shape index (κ1) is 14.4. The van der Waals surface area contributed by atoms with E-state index in [0.717, 1.165) is 22.9 Å². The van der Waals surface area contributed by atoms with E-state index in [1.807, 2.05) is 12.1 Å². The first-order chi connectivity index (χ1) is 8.89. The molecule has 2 aromatic rings. The summed E-state index contributed by atoms with van der Waals surface area (Å²) in [4.78, 5) is 1.17. The molecule has 1 heterocycles. The number of hydrogen-bond acceptors (Lipinski definition) is 3. The van der Waals surface area contributed by atoms with Gasteiger partial charge in [0.05, 0.1) is 6.04 Å². The summed E-state index contributed by atoms with van der Waals surface area (Å²) in [7, 11) is 0. The third-order valence-electron chi connectivity index (χ3n) is 3.23. The molecule has 1 atom stereocenters. The van der Waals surface area contributed by atoms with E-state index >= 15 is 0 Å². The van der Waals surface area contributed by atoms with Gasteiger partial charge in [0.2, 0.25) is 0 Å². The van der Waals surface area contributed by atoms with Crippen molar-refractivity contribution in [2.24, 2.45) is 11.3 Å². The molecule has 0 aliphatic carbocycles. The van der Waals surface area contributed by atoms with Crippen molar-refractivity contribution in [3.8, 4) is 0 Å². The maximum absolute atomic E-state index is 13.2. The molecule has 0 radical (unpaired) electrons. The second kappa shape index (κ2) is 5.57. The maximum Gasteiger partial charge on any atom is 0.123 e. The van der Waals surface area contributed by atoms with Crippen LogP contribution >= 0.6 is 11.3 Å². The lowest BCUT2D eigenvalue weighted by Crippen LogP contribution is -2.28. The highest BCUT2D eigenvalue weighted by Crippen LogP contribution is 2.34. The quantitative estimate of drug-likeness (QED) is 0.644. The Bertz CT molecular complexity index is 557. The van der Waals surface area contributed by atoms with E-state index in [9.17, 15) is 4.39 Å². The van der Waals surface area contributed by atoms with Gasteiger partial charge in [0.1, 0.15) is 5.82 Å². The lowest BCUT2D eigenvalue weighted by molar-refractivity contribution is 0.335. The number of nitrogens with two attached hydrogens (primary N) is 1. The van der Waals surface area contributed by atoms with Gasteiger partial charge in [-0.2, -0.15) is 0 Å². The molecule has 0 aliphatic heterocycles. The van der Waals surface area contributed by atoms with Crippen molar-refractivity contribution < 1.29 is 4.39 Å². The topological polar surface area (TPSA) is 38.0 Å². The van der Waals surface area contributed by atoms with Gasteiger partial charge in [0.15, 0.2) is 0 Å². The molecule has 0 saturated carbocycles. The molecule has 0 spiro atoms. The van der Waals surface area contributed by atoms with E-state index < -0.39 is 0 Å². The van der Waals surface area contributed by atoms with Crippen molar-refractivity contribution in [2.75, 3.05) is 0 Å². The molecule has 0 bridgehead atoms. The standard InChI is InChI=1S/C15H21FN2S/c1-15(2,3)7-6-12(18-17)14-9-10-8-11(16)4-5-13(10)19-14/h4-5,8-9,12,18H,6-7,17H2,1-3H3. The van der Waals surface area contributed by atoms with Crippen LogP contribution < -0.4 is 11.3 Å². The van der Waals surface area contributed by atoms with E-state index in [1.54, 1.807) is 17.4 Å². The zero-order chi connectivity index (χ0) is 14.0. The fraction of sp³-hybridized carbons (Fsp3) is 0.467. The second-order valence-electron chi connectivity index (χ2n) is 6.15. The second-order valence-corrected chi connectivity index (χ2v) is 7.26. The summed E-state index contributed by atoms with van der Waals surface area (Å²) in [5.41, 5.74) is 3.17. The van der Waals surface area contributed by atoms with Crippen molar-refractivity contribution in [3.05, 3.63) is 35.0 Å². The lowest BCUT2D eigenvalue weighted by Gasteiger charge is -2.22. The molecular formula is C15H21FN2S. The van der Waals surface area contributed by atoms with Crippen molar-refractivity contribution in [1.29, 1.82) is 0 Å². The number of fused-ring (bicyclic) bond motifs is 1. The Hall–Kier alpha value is -0.970. The van der Waals surface area contributed by atoms with Crippen LogP contribution in [-0.2, 0) is 0 Å². The molecule has 2 rings (SSSR count). The molecule has 3 N–H and O–H groups in total. The Morgan fingerprint density at radius 2 is 2.05 bits per heavy atom. The van der Waals surface area contributed by atoms with Crippen LogP contribution in [0.4, 0.5) is 4.39 Å². The highest BCUT2D eigenvalue weighted by molar-refractivity contribution is 7.19. The normalized spacial score (nSPS) is 13.9. The number of nitrogens with one attached hydrogen (secondary N) is 1. The Balaban J connectivity index is 2.20. The van der Waals surface area contributed by atoms with Gasteiger partial charge in [-0.15, -0.1) is 11.3 Å². The molecule has 0 aliphatic rings. The Kier molecular flexibility index (Phi) is 4.23. The minimum Gasteiger partial charge on any atom is -0.271 e. The van der Waals surface area contributed by atoms with E-state index in [-0.39, 0.29) is 17.3 Å². The summed E-state index contributed by atoms with van der Waals surface area (Å²) < 4.78 is 14.3. The molecule has 0 saturated heterocycles. The van der Waals surface area contributed by atoms with Crippen LogP contribution in [0, 0.1) is 11.2 Å². The third kappa shape index (κ3) is 3.75. The predicted molar refractivity (Wildman–Crippen MR) is 80.5 cm³/mol. The summed E-state index contributed by atoms with van der Waals surface area (Å²) in [5.74, 6) is 5.48. The van der Waals surface area contributed by atoms with Gasteiger partial charge in [-0.3, -0.25) is 11.3 Å². The Morgan fingerprint density at radius 1 is 1.32 bits per heavy atom. The zero-order valence-electron chi connectivity index (χ0n) is 11.7. The number of hydrazine groups is 1. The van der Waals surface area contributed by atoms with Crippen LogP contribution in [0.25, 0.3) is 10.1 Å². The molecule has 0 fully saturated rings. The molecule has 104 valence electrons. The SMILES string of the molecule is CC(C)(C)CCC(NN)c1cc2cc(F)ccc2s1. The molecular weight excluding hydrogens is 259 g/mol. The first-order valence-corrected chi connectivity index (χ1v) is 7.36. The fourth-order valence-corrected chi connectivity index (χ4v) is 3.23. The van der Waals surface area contributed by atoms with Gasteiger partial charge in [-0.05, 0) is 47.9 Å². The third-order valence-corrected chi connectivity index (χ3v) is 4.45. The highest BCUT2D eigenvalue weighted by atomic mass is 32.1. The average Bonchev–Trinajstić information content (AvgIpc) is 2.71. The number of halogens is 1. The van der Waals surface area contributed by atoms with Crippen molar-refractivity contribution >= 4 is 21.4 Å². The maximum atomic E-state index is 13.2. The van der Waals surface area contributed by atoms with Gasteiger partial charge < -0.3 is 0 Å². The summed E-state index contributed by atoms with van der Waals surface area (Å²) in [6.07, 6.45) is 2.07. The predicted octanol–water partition coefficient (Wildman–Crippen LogP) is 4.37.